The minimum Gasteiger partial charge on any atom is -0.480 e. The molecule has 0 spiro atoms. The number of benzene rings is 1. The maximum atomic E-state index is 14.0. The topological polar surface area (TPSA) is 113 Å². The van der Waals surface area contributed by atoms with E-state index in [0.29, 0.717) is 6.07 Å². The summed E-state index contributed by atoms with van der Waals surface area (Å²) in [5.74, 6) is -5.38. The second kappa shape index (κ2) is 6.55. The monoisotopic (exact) mass is 356 g/mol. The molecule has 0 aliphatic carbocycles. The lowest BCUT2D eigenvalue weighted by molar-refractivity contribution is -0.138. The van der Waals surface area contributed by atoms with Crippen LogP contribution in [-0.2, 0) is 19.6 Å². The Morgan fingerprint density at radius 3 is 2.36 bits per heavy atom. The van der Waals surface area contributed by atoms with Crippen LogP contribution >= 0.6 is 11.6 Å². The zero-order valence-corrected chi connectivity index (χ0v) is 12.8. The fourth-order valence-corrected chi connectivity index (χ4v) is 3.04. The molecule has 0 aromatic heterocycles. The maximum absolute atomic E-state index is 14.0. The number of rotatable bonds is 5. The van der Waals surface area contributed by atoms with Crippen LogP contribution in [0.25, 0.3) is 0 Å². The predicted molar refractivity (Wildman–Crippen MR) is 73.1 cm³/mol. The van der Waals surface area contributed by atoms with Gasteiger partial charge in [-0.15, -0.1) is 0 Å². The molecule has 1 atom stereocenters. The van der Waals surface area contributed by atoms with Gasteiger partial charge >= 0.3 is 5.97 Å². The van der Waals surface area contributed by atoms with Crippen LogP contribution in [0.5, 0.6) is 0 Å². The number of nitrogens with one attached hydrogen (secondary N) is 2. The molecule has 0 aliphatic heterocycles. The maximum Gasteiger partial charge on any atom is 0.321 e. The standard InChI is InChI=1S/C11H11ClF2N2O5S/c1-4(11(18)19)16-22(20,21)10-6(13)3-7(15-5(2)17)8(12)9(10)14/h3-4,16H,1-2H3,(H,15,17)(H,18,19)/t4-/m1/s1. The lowest BCUT2D eigenvalue weighted by Crippen LogP contribution is -2.39. The molecule has 1 amide bonds. The van der Waals surface area contributed by atoms with Gasteiger partial charge in [0.05, 0.1) is 5.69 Å². The lowest BCUT2D eigenvalue weighted by Gasteiger charge is -2.14. The van der Waals surface area contributed by atoms with Gasteiger partial charge in [0.15, 0.2) is 10.7 Å². The SMILES string of the molecule is CC(=O)Nc1cc(F)c(S(=O)(=O)N[C@H](C)C(=O)O)c(F)c1Cl. The summed E-state index contributed by atoms with van der Waals surface area (Å²) in [6, 6.07) is -1.09. The zero-order chi connectivity index (χ0) is 17.2. The first-order valence-corrected chi connectivity index (χ1v) is 7.53. The number of halogens is 3. The summed E-state index contributed by atoms with van der Waals surface area (Å²) in [6.45, 7) is 2.04. The van der Waals surface area contributed by atoms with E-state index >= 15 is 0 Å². The number of carboxylic acid groups (broad SMARTS) is 1. The highest BCUT2D eigenvalue weighted by molar-refractivity contribution is 7.89. The Labute approximate surface area is 129 Å². The van der Waals surface area contributed by atoms with Crippen LogP contribution in [0.2, 0.25) is 5.02 Å². The summed E-state index contributed by atoms with van der Waals surface area (Å²) in [4.78, 5) is 20.1. The third-order valence-corrected chi connectivity index (χ3v) is 4.34. The number of amides is 1. The van der Waals surface area contributed by atoms with E-state index in [2.05, 4.69) is 0 Å². The molecule has 0 saturated heterocycles. The Morgan fingerprint density at radius 2 is 1.91 bits per heavy atom. The third kappa shape index (κ3) is 3.90. The van der Waals surface area contributed by atoms with Gasteiger partial charge < -0.3 is 10.4 Å². The van der Waals surface area contributed by atoms with Gasteiger partial charge in [-0.05, 0) is 6.92 Å². The van der Waals surface area contributed by atoms with Gasteiger partial charge in [0.1, 0.15) is 16.9 Å². The van der Waals surface area contributed by atoms with Gasteiger partial charge in [0.25, 0.3) is 0 Å². The number of carbonyl (C=O) groups excluding carboxylic acids is 1. The number of aliphatic carboxylic acids is 1. The van der Waals surface area contributed by atoms with Crippen molar-refractivity contribution in [3.8, 4) is 0 Å². The van der Waals surface area contributed by atoms with Crippen molar-refractivity contribution in [1.29, 1.82) is 0 Å². The van der Waals surface area contributed by atoms with E-state index in [0.717, 1.165) is 13.8 Å². The fourth-order valence-electron chi connectivity index (χ4n) is 1.45. The second-order valence-corrected chi connectivity index (χ2v) is 6.25. The summed E-state index contributed by atoms with van der Waals surface area (Å²) in [5.41, 5.74) is -0.450. The summed E-state index contributed by atoms with van der Waals surface area (Å²) in [6.07, 6.45) is 0. The Hall–Kier alpha value is -1.78. The highest BCUT2D eigenvalue weighted by Gasteiger charge is 2.30. The molecule has 0 aliphatic rings. The van der Waals surface area contributed by atoms with Crippen molar-refractivity contribution >= 4 is 39.2 Å². The predicted octanol–water partition coefficient (Wildman–Crippen LogP) is 1.33. The number of carboxylic acids is 1. The van der Waals surface area contributed by atoms with Crippen LogP contribution in [0.3, 0.4) is 0 Å². The molecule has 0 bridgehead atoms. The van der Waals surface area contributed by atoms with Crippen LogP contribution in [-0.4, -0.2) is 31.4 Å². The van der Waals surface area contributed by atoms with Crippen molar-refractivity contribution in [3.05, 3.63) is 22.7 Å². The Kier molecular flexibility index (Phi) is 5.44. The zero-order valence-electron chi connectivity index (χ0n) is 11.3. The van der Waals surface area contributed by atoms with E-state index in [-0.39, 0.29) is 0 Å². The molecule has 0 saturated carbocycles. The lowest BCUT2D eigenvalue weighted by atomic mass is 10.3. The Balaban J connectivity index is 3.40. The number of sulfonamides is 1. The third-order valence-electron chi connectivity index (χ3n) is 2.40. The van der Waals surface area contributed by atoms with Crippen LogP contribution in [0.15, 0.2) is 11.0 Å². The van der Waals surface area contributed by atoms with E-state index in [4.69, 9.17) is 16.7 Å². The van der Waals surface area contributed by atoms with Crippen molar-refractivity contribution in [2.75, 3.05) is 5.32 Å². The molecule has 1 rings (SSSR count). The Bertz CT molecular complexity index is 738. The van der Waals surface area contributed by atoms with Gasteiger partial charge in [-0.3, -0.25) is 9.59 Å². The van der Waals surface area contributed by atoms with E-state index in [9.17, 15) is 26.8 Å². The summed E-state index contributed by atoms with van der Waals surface area (Å²) >= 11 is 5.55. The highest BCUT2D eigenvalue weighted by Crippen LogP contribution is 2.32. The second-order valence-electron chi connectivity index (χ2n) is 4.23. The average molecular weight is 357 g/mol. The van der Waals surface area contributed by atoms with Crippen LogP contribution in [0, 0.1) is 11.6 Å². The number of carbonyl (C=O) groups is 2. The van der Waals surface area contributed by atoms with Gasteiger partial charge in [0, 0.05) is 13.0 Å². The number of hydrogen-bond donors (Lipinski definition) is 3. The molecule has 22 heavy (non-hydrogen) atoms. The smallest absolute Gasteiger partial charge is 0.321 e. The van der Waals surface area contributed by atoms with Crippen molar-refractivity contribution in [2.24, 2.45) is 0 Å². The first-order valence-electron chi connectivity index (χ1n) is 5.67. The quantitative estimate of drug-likeness (QED) is 0.689. The molecule has 1 aromatic rings. The molecule has 0 fully saturated rings. The van der Waals surface area contributed by atoms with Crippen molar-refractivity contribution in [3.63, 3.8) is 0 Å². The number of anilines is 1. The van der Waals surface area contributed by atoms with Gasteiger partial charge in [-0.1, -0.05) is 11.6 Å². The molecular weight excluding hydrogens is 346 g/mol. The van der Waals surface area contributed by atoms with E-state index in [1.165, 1.54) is 0 Å². The molecule has 11 heteroatoms. The largest absolute Gasteiger partial charge is 0.480 e. The fraction of sp³-hybridized carbons (Fsp3) is 0.273. The van der Waals surface area contributed by atoms with Gasteiger partial charge in [0.2, 0.25) is 15.9 Å². The molecular formula is C11H11ClF2N2O5S. The molecule has 122 valence electrons. The average Bonchev–Trinajstić information content (AvgIpc) is 2.33. The van der Waals surface area contributed by atoms with Crippen molar-refractivity contribution < 1.29 is 31.9 Å². The highest BCUT2D eigenvalue weighted by atomic mass is 35.5. The summed E-state index contributed by atoms with van der Waals surface area (Å²) in [7, 11) is -4.81. The van der Waals surface area contributed by atoms with Crippen LogP contribution < -0.4 is 10.0 Å². The van der Waals surface area contributed by atoms with Gasteiger partial charge in [-0.2, -0.15) is 4.72 Å². The summed E-state index contributed by atoms with van der Waals surface area (Å²) in [5, 5.41) is 9.85. The molecule has 3 N–H and O–H groups in total. The van der Waals surface area contributed by atoms with E-state index in [1.54, 1.807) is 4.72 Å². The van der Waals surface area contributed by atoms with Crippen molar-refractivity contribution in [2.45, 2.75) is 24.8 Å². The normalized spacial score (nSPS) is 12.8. The van der Waals surface area contributed by atoms with Gasteiger partial charge in [-0.25, -0.2) is 17.2 Å². The minimum atomic E-state index is -4.81. The molecule has 0 unspecified atom stereocenters. The molecule has 0 radical (unpaired) electrons. The molecule has 1 aromatic carbocycles. The van der Waals surface area contributed by atoms with Crippen LogP contribution in [0.1, 0.15) is 13.8 Å². The first-order chi connectivity index (χ1) is 9.97. The Morgan fingerprint density at radius 1 is 1.36 bits per heavy atom. The number of hydrogen-bond acceptors (Lipinski definition) is 4. The molecule has 7 nitrogen and oxygen atoms in total. The first kappa shape index (κ1) is 18.3. The van der Waals surface area contributed by atoms with E-state index in [1.807, 2.05) is 5.32 Å². The van der Waals surface area contributed by atoms with Crippen molar-refractivity contribution in [1.82, 2.24) is 4.72 Å². The van der Waals surface area contributed by atoms with E-state index < -0.39 is 55.2 Å². The molecule has 0 heterocycles. The van der Waals surface area contributed by atoms with Crippen LogP contribution in [0.4, 0.5) is 14.5 Å². The summed E-state index contributed by atoms with van der Waals surface area (Å²) < 4.78 is 53.2. The minimum absolute atomic E-state index is 0.450.